The molecule has 0 amide bonds. The Bertz CT molecular complexity index is 142. The number of hydrogen-bond acceptors (Lipinski definition) is 0. The molecule has 0 aromatic carbocycles. The summed E-state index contributed by atoms with van der Waals surface area (Å²) in [5, 5.41) is 0. The van der Waals surface area contributed by atoms with Crippen molar-refractivity contribution >= 4 is 24.4 Å². The van der Waals surface area contributed by atoms with Gasteiger partial charge in [-0.3, -0.25) is 0 Å². The van der Waals surface area contributed by atoms with Crippen molar-refractivity contribution in [2.45, 2.75) is 19.8 Å². The Kier molecular flexibility index (Phi) is 2.24. The molecule has 1 aliphatic rings. The van der Waals surface area contributed by atoms with Crippen LogP contribution in [0.15, 0.2) is 21.1 Å². The summed E-state index contributed by atoms with van der Waals surface area (Å²) in [7, 11) is 0. The minimum atomic E-state index is 0.779. The van der Waals surface area contributed by atoms with Crippen LogP contribution < -0.4 is 0 Å². The Labute approximate surface area is 65.2 Å². The van der Waals surface area contributed by atoms with Crippen molar-refractivity contribution in [3.05, 3.63) is 21.1 Å². The first-order chi connectivity index (χ1) is 3.84. The third-order valence-electron chi connectivity index (χ3n) is 1.67. The molecule has 8 heavy (non-hydrogen) atoms. The molecule has 0 bridgehead atoms. The van der Waals surface area contributed by atoms with E-state index in [9.17, 15) is 0 Å². The van der Waals surface area contributed by atoms with Crippen LogP contribution in [-0.2, 0) is 0 Å². The Hall–Kier alpha value is 0.350. The maximum atomic E-state index is 2.28. The summed E-state index contributed by atoms with van der Waals surface area (Å²) >= 11 is 0.779. The summed E-state index contributed by atoms with van der Waals surface area (Å²) in [4.78, 5) is 0. The van der Waals surface area contributed by atoms with Gasteiger partial charge in [-0.25, -0.2) is 0 Å². The predicted octanol–water partition coefficient (Wildman–Crippen LogP) is 1.24. The third-order valence-corrected chi connectivity index (χ3v) is 4.67. The van der Waals surface area contributed by atoms with Gasteiger partial charge >= 0.3 is 65.2 Å². The van der Waals surface area contributed by atoms with Crippen molar-refractivity contribution in [3.63, 3.8) is 0 Å². The Morgan fingerprint density at radius 2 is 2.50 bits per heavy atom. The fraction of sp³-hybridized carbons (Fsp3) is 0.429. The van der Waals surface area contributed by atoms with Crippen molar-refractivity contribution in [3.8, 4) is 0 Å². The van der Waals surface area contributed by atoms with E-state index in [1.165, 1.54) is 12.8 Å². The Balaban J connectivity index is 2.70. The molecule has 0 N–H and O–H groups in total. The van der Waals surface area contributed by atoms with Crippen LogP contribution in [0.3, 0.4) is 0 Å². The second kappa shape index (κ2) is 2.77. The molecular weight excluding hydrogens is 199 g/mol. The molecule has 0 aromatic rings. The Morgan fingerprint density at radius 1 is 1.75 bits per heavy atom. The number of hydrogen-bond donors (Lipinski definition) is 0. The van der Waals surface area contributed by atoms with E-state index in [-0.39, 0.29) is 0 Å². The van der Waals surface area contributed by atoms with E-state index in [0.717, 1.165) is 24.4 Å². The van der Waals surface area contributed by atoms with Gasteiger partial charge in [0.2, 0.25) is 0 Å². The second-order valence-electron chi connectivity index (χ2n) is 2.27. The number of allylic oxidation sites excluding steroid dienone is 4. The molecule has 0 saturated carbocycles. The van der Waals surface area contributed by atoms with Gasteiger partial charge in [-0.05, 0) is 0 Å². The molecular formula is C7H11In. The van der Waals surface area contributed by atoms with Gasteiger partial charge in [0.1, 0.15) is 0 Å². The van der Waals surface area contributed by atoms with Crippen LogP contribution in [0, 0.1) is 0 Å². The zero-order valence-electron chi connectivity index (χ0n) is 5.57. The first-order valence-electron chi connectivity index (χ1n) is 3.19. The summed E-state index contributed by atoms with van der Waals surface area (Å²) in [6.45, 7) is 2.24. The van der Waals surface area contributed by atoms with Crippen LogP contribution in [0.5, 0.6) is 0 Å². The van der Waals surface area contributed by atoms with Gasteiger partial charge in [0.15, 0.2) is 0 Å². The molecule has 1 rings (SSSR count). The maximum absolute atomic E-state index is 2.28. The van der Waals surface area contributed by atoms with Gasteiger partial charge in [-0.1, -0.05) is 0 Å². The molecule has 1 heteroatoms. The summed E-state index contributed by atoms with van der Waals surface area (Å²) < 4.78 is 1.76. The van der Waals surface area contributed by atoms with Crippen LogP contribution >= 0.6 is 0 Å². The molecule has 1 aliphatic carbocycles. The van der Waals surface area contributed by atoms with Gasteiger partial charge in [-0.2, -0.15) is 0 Å². The van der Waals surface area contributed by atoms with Gasteiger partial charge in [0.25, 0.3) is 0 Å². The second-order valence-corrected chi connectivity index (χ2v) is 5.71. The standard InChI is InChI=1S/C7H9.In.2H/c1-2-7-5-3-4-6-7;;;/h3,5H,2,4H2,1H3;;;. The van der Waals surface area contributed by atoms with Crippen molar-refractivity contribution in [1.82, 2.24) is 0 Å². The molecule has 42 valence electrons. The molecule has 0 fully saturated rings. The monoisotopic (exact) mass is 210 g/mol. The first-order valence-corrected chi connectivity index (χ1v) is 6.05. The van der Waals surface area contributed by atoms with E-state index < -0.39 is 0 Å². The topological polar surface area (TPSA) is 0 Å². The molecule has 0 aromatic heterocycles. The molecule has 0 radical (unpaired) electrons. The van der Waals surface area contributed by atoms with Crippen LogP contribution in [0.2, 0.25) is 0 Å². The molecule has 0 unspecified atom stereocenters. The first kappa shape index (κ1) is 6.47. The molecule has 0 spiro atoms. The van der Waals surface area contributed by atoms with Gasteiger partial charge in [0, 0.05) is 0 Å². The van der Waals surface area contributed by atoms with Gasteiger partial charge in [0.05, 0.1) is 0 Å². The fourth-order valence-corrected chi connectivity index (χ4v) is 3.23. The van der Waals surface area contributed by atoms with E-state index in [2.05, 4.69) is 19.1 Å². The molecule has 0 heterocycles. The van der Waals surface area contributed by atoms with Crippen molar-refractivity contribution in [2.75, 3.05) is 0 Å². The number of rotatable bonds is 1. The SMILES string of the molecule is CCC1=[C]([InH2])CC=C1. The predicted molar refractivity (Wildman–Crippen MR) is 39.6 cm³/mol. The van der Waals surface area contributed by atoms with E-state index >= 15 is 0 Å². The van der Waals surface area contributed by atoms with Crippen LogP contribution in [-0.4, -0.2) is 24.4 Å². The molecule has 0 nitrogen and oxygen atoms in total. The van der Waals surface area contributed by atoms with Crippen molar-refractivity contribution in [2.24, 2.45) is 0 Å². The average Bonchev–Trinajstić information content (AvgIpc) is 2.14. The summed E-state index contributed by atoms with van der Waals surface area (Å²) in [5.41, 5.74) is 1.63. The third kappa shape index (κ3) is 1.19. The van der Waals surface area contributed by atoms with E-state index in [1.807, 2.05) is 0 Å². The zero-order valence-corrected chi connectivity index (χ0v) is 11.3. The summed E-state index contributed by atoms with van der Waals surface area (Å²) in [6.07, 6.45) is 7.09. The summed E-state index contributed by atoms with van der Waals surface area (Å²) in [5.74, 6) is 0. The molecule has 0 atom stereocenters. The molecule has 0 aliphatic heterocycles. The fourth-order valence-electron chi connectivity index (χ4n) is 1.07. The quantitative estimate of drug-likeness (QED) is 0.610. The zero-order chi connectivity index (χ0) is 5.98. The minimum absolute atomic E-state index is 0.779. The van der Waals surface area contributed by atoms with E-state index in [0.29, 0.717) is 0 Å². The van der Waals surface area contributed by atoms with E-state index in [4.69, 9.17) is 0 Å². The van der Waals surface area contributed by atoms with Crippen LogP contribution in [0.4, 0.5) is 0 Å². The van der Waals surface area contributed by atoms with Crippen molar-refractivity contribution < 1.29 is 0 Å². The van der Waals surface area contributed by atoms with Crippen LogP contribution in [0.25, 0.3) is 0 Å². The van der Waals surface area contributed by atoms with Gasteiger partial charge < -0.3 is 0 Å². The normalized spacial score (nSPS) is 18.1. The van der Waals surface area contributed by atoms with Crippen molar-refractivity contribution in [1.29, 1.82) is 0 Å². The van der Waals surface area contributed by atoms with Crippen LogP contribution in [0.1, 0.15) is 19.8 Å². The summed E-state index contributed by atoms with van der Waals surface area (Å²) in [6, 6.07) is 0. The van der Waals surface area contributed by atoms with E-state index in [1.54, 1.807) is 8.90 Å². The molecule has 0 saturated heterocycles. The Morgan fingerprint density at radius 3 is 2.75 bits per heavy atom. The van der Waals surface area contributed by atoms with Gasteiger partial charge in [-0.15, -0.1) is 0 Å². The average molecular weight is 210 g/mol.